The van der Waals surface area contributed by atoms with Gasteiger partial charge in [0.2, 0.25) is 0 Å². The fourth-order valence-corrected chi connectivity index (χ4v) is 0.706. The lowest BCUT2D eigenvalue weighted by molar-refractivity contribution is 0.186. The molecule has 0 rings (SSSR count). The summed E-state index contributed by atoms with van der Waals surface area (Å²) in [5.74, 6) is 0.633. The first-order chi connectivity index (χ1) is 4.63. The molecule has 1 N–H and O–H groups in total. The van der Waals surface area contributed by atoms with Gasteiger partial charge in [-0.3, -0.25) is 0 Å². The molecule has 1 heteroatoms. The summed E-state index contributed by atoms with van der Waals surface area (Å²) in [4.78, 5) is 0. The average Bonchev–Trinajstić information content (AvgIpc) is 1.79. The van der Waals surface area contributed by atoms with Crippen LogP contribution in [0.5, 0.6) is 0 Å². The fraction of sp³-hybridized carbons (Fsp3) is 0.778. The lowest BCUT2D eigenvalue weighted by Crippen LogP contribution is -1.96. The van der Waals surface area contributed by atoms with Crippen molar-refractivity contribution in [2.24, 2.45) is 5.92 Å². The molecule has 0 amide bonds. The van der Waals surface area contributed by atoms with E-state index in [2.05, 4.69) is 26.0 Å². The molecule has 0 aromatic carbocycles. The molecule has 0 aromatic rings. The predicted molar refractivity (Wildman–Crippen MR) is 44.9 cm³/mol. The van der Waals surface area contributed by atoms with Crippen LogP contribution in [0.4, 0.5) is 0 Å². The Hall–Kier alpha value is -0.300. The van der Waals surface area contributed by atoms with E-state index in [4.69, 9.17) is 5.11 Å². The number of allylic oxidation sites excluding steroid dienone is 2. The van der Waals surface area contributed by atoms with Crippen LogP contribution >= 0.6 is 0 Å². The zero-order valence-corrected chi connectivity index (χ0v) is 7.17. The van der Waals surface area contributed by atoms with E-state index < -0.39 is 0 Å². The molecule has 0 unspecified atom stereocenters. The molecular weight excluding hydrogens is 124 g/mol. The van der Waals surface area contributed by atoms with Crippen molar-refractivity contribution in [1.29, 1.82) is 0 Å². The van der Waals surface area contributed by atoms with Crippen LogP contribution < -0.4 is 0 Å². The number of hydrogen-bond acceptors (Lipinski definition) is 1. The second-order valence-corrected chi connectivity index (χ2v) is 3.10. The summed E-state index contributed by atoms with van der Waals surface area (Å²) in [6.07, 6.45) is 6.02. The second kappa shape index (κ2) is 5.48. The van der Waals surface area contributed by atoms with E-state index in [1.165, 1.54) is 0 Å². The quantitative estimate of drug-likeness (QED) is 0.597. The molecule has 0 fully saturated rings. The van der Waals surface area contributed by atoms with Gasteiger partial charge in [-0.05, 0) is 25.7 Å². The monoisotopic (exact) mass is 142 g/mol. The first-order valence-electron chi connectivity index (χ1n) is 3.97. The topological polar surface area (TPSA) is 20.2 Å². The summed E-state index contributed by atoms with van der Waals surface area (Å²) < 4.78 is 0. The van der Waals surface area contributed by atoms with Crippen molar-refractivity contribution in [1.82, 2.24) is 0 Å². The number of rotatable bonds is 4. The molecule has 0 aliphatic carbocycles. The molecule has 0 aliphatic heterocycles. The molecule has 0 bridgehead atoms. The van der Waals surface area contributed by atoms with Gasteiger partial charge in [-0.2, -0.15) is 0 Å². The maximum Gasteiger partial charge on any atom is 0.0515 e. The molecule has 0 heterocycles. The van der Waals surface area contributed by atoms with Crippen molar-refractivity contribution in [3.8, 4) is 0 Å². The normalized spacial score (nSPS) is 14.9. The first-order valence-corrected chi connectivity index (χ1v) is 3.97. The maximum absolute atomic E-state index is 8.88. The van der Waals surface area contributed by atoms with Crippen LogP contribution in [-0.2, 0) is 0 Å². The third-order valence-electron chi connectivity index (χ3n) is 1.27. The molecule has 0 aromatic heterocycles. The summed E-state index contributed by atoms with van der Waals surface area (Å²) in [6, 6.07) is 0. The fourth-order valence-electron chi connectivity index (χ4n) is 0.706. The first kappa shape index (κ1) is 9.70. The molecule has 1 atom stereocenters. The third-order valence-corrected chi connectivity index (χ3v) is 1.27. The van der Waals surface area contributed by atoms with Gasteiger partial charge in [0.1, 0.15) is 0 Å². The van der Waals surface area contributed by atoms with E-state index in [0.717, 1.165) is 12.8 Å². The molecular formula is C9H18O. The predicted octanol–water partition coefficient (Wildman–Crippen LogP) is 2.36. The van der Waals surface area contributed by atoms with Crippen LogP contribution in [0.25, 0.3) is 0 Å². The van der Waals surface area contributed by atoms with Crippen molar-refractivity contribution >= 4 is 0 Å². The van der Waals surface area contributed by atoms with Crippen LogP contribution in [-0.4, -0.2) is 11.2 Å². The van der Waals surface area contributed by atoms with Gasteiger partial charge >= 0.3 is 0 Å². The molecule has 0 aliphatic rings. The number of aliphatic hydroxyl groups is 1. The van der Waals surface area contributed by atoms with Crippen molar-refractivity contribution in [3.63, 3.8) is 0 Å². The Balaban J connectivity index is 3.19. The summed E-state index contributed by atoms with van der Waals surface area (Å²) in [5, 5.41) is 8.88. The van der Waals surface area contributed by atoms with Crippen LogP contribution in [0.3, 0.4) is 0 Å². The van der Waals surface area contributed by atoms with Gasteiger partial charge in [0, 0.05) is 0 Å². The van der Waals surface area contributed by atoms with E-state index in [1.54, 1.807) is 0 Å². The third kappa shape index (κ3) is 7.70. The van der Waals surface area contributed by atoms with Gasteiger partial charge in [0.25, 0.3) is 0 Å². The minimum absolute atomic E-state index is 0.156. The Morgan fingerprint density at radius 3 is 2.30 bits per heavy atom. The Bertz CT molecular complexity index is 92.9. The molecule has 10 heavy (non-hydrogen) atoms. The molecule has 0 spiro atoms. The van der Waals surface area contributed by atoms with E-state index in [-0.39, 0.29) is 6.10 Å². The summed E-state index contributed by atoms with van der Waals surface area (Å²) in [5.41, 5.74) is 0. The second-order valence-electron chi connectivity index (χ2n) is 3.10. The smallest absolute Gasteiger partial charge is 0.0515 e. The maximum atomic E-state index is 8.88. The van der Waals surface area contributed by atoms with E-state index in [1.807, 2.05) is 6.92 Å². The Labute approximate surface area is 63.8 Å². The highest BCUT2D eigenvalue weighted by atomic mass is 16.3. The van der Waals surface area contributed by atoms with E-state index in [9.17, 15) is 0 Å². The minimum atomic E-state index is -0.156. The van der Waals surface area contributed by atoms with Gasteiger partial charge in [0.05, 0.1) is 6.10 Å². The Kier molecular flexibility index (Phi) is 5.32. The van der Waals surface area contributed by atoms with Gasteiger partial charge in [0.15, 0.2) is 0 Å². The summed E-state index contributed by atoms with van der Waals surface area (Å²) >= 11 is 0. The van der Waals surface area contributed by atoms with Crippen molar-refractivity contribution in [2.45, 2.75) is 39.7 Å². The van der Waals surface area contributed by atoms with Crippen molar-refractivity contribution in [3.05, 3.63) is 12.2 Å². The standard InChI is InChI=1S/C9H18O/c1-8(2)6-4-5-7-9(3)10/h4,6,8-10H,5,7H2,1-3H3/t9-/m0/s1. The van der Waals surface area contributed by atoms with Crippen molar-refractivity contribution in [2.75, 3.05) is 0 Å². The van der Waals surface area contributed by atoms with E-state index in [0.29, 0.717) is 5.92 Å². The Morgan fingerprint density at radius 2 is 1.90 bits per heavy atom. The van der Waals surface area contributed by atoms with Gasteiger partial charge < -0.3 is 5.11 Å². The largest absolute Gasteiger partial charge is 0.393 e. The highest BCUT2D eigenvalue weighted by Crippen LogP contribution is 2.00. The van der Waals surface area contributed by atoms with Crippen LogP contribution in [0.2, 0.25) is 0 Å². The van der Waals surface area contributed by atoms with Crippen LogP contribution in [0.15, 0.2) is 12.2 Å². The van der Waals surface area contributed by atoms with Gasteiger partial charge in [-0.1, -0.05) is 26.0 Å². The number of hydrogen-bond donors (Lipinski definition) is 1. The van der Waals surface area contributed by atoms with Crippen LogP contribution in [0, 0.1) is 5.92 Å². The highest BCUT2D eigenvalue weighted by Gasteiger charge is 1.91. The zero-order chi connectivity index (χ0) is 7.98. The Morgan fingerprint density at radius 1 is 1.30 bits per heavy atom. The zero-order valence-electron chi connectivity index (χ0n) is 7.17. The van der Waals surface area contributed by atoms with Crippen molar-refractivity contribution < 1.29 is 5.11 Å². The van der Waals surface area contributed by atoms with Crippen LogP contribution in [0.1, 0.15) is 33.6 Å². The summed E-state index contributed by atoms with van der Waals surface area (Å²) in [7, 11) is 0. The average molecular weight is 142 g/mol. The highest BCUT2D eigenvalue weighted by molar-refractivity contribution is 4.84. The molecule has 1 nitrogen and oxygen atoms in total. The SMILES string of the molecule is CC(C)C=CCC[C@H](C)O. The van der Waals surface area contributed by atoms with Gasteiger partial charge in [-0.25, -0.2) is 0 Å². The van der Waals surface area contributed by atoms with Gasteiger partial charge in [-0.15, -0.1) is 0 Å². The molecule has 60 valence electrons. The summed E-state index contributed by atoms with van der Waals surface area (Å²) in [6.45, 7) is 6.13. The number of aliphatic hydroxyl groups excluding tert-OH is 1. The molecule has 0 saturated heterocycles. The minimum Gasteiger partial charge on any atom is -0.393 e. The van der Waals surface area contributed by atoms with E-state index >= 15 is 0 Å². The molecule has 0 saturated carbocycles. The lowest BCUT2D eigenvalue weighted by atomic mass is 10.1. The molecule has 0 radical (unpaired) electrons. The lowest BCUT2D eigenvalue weighted by Gasteiger charge is -1.99.